The van der Waals surface area contributed by atoms with Crippen molar-refractivity contribution in [3.63, 3.8) is 0 Å². The van der Waals surface area contributed by atoms with Crippen LogP contribution in [0.5, 0.6) is 0 Å². The standard InChI is InChI=1S/C32H36FN3/c1-6-21(4)29-20-25(36-32(22(29)5)23-11-13-24(33)14-12-23)17-19-35-30(8-3)28-15-16-31-27(26(28)7-2)10-9-18-34-31/h8-16,18,20-21,35H,6-7,17,19H2,1-5H3/b30-8-. The first-order chi connectivity index (χ1) is 17.5. The Kier molecular flexibility index (Phi) is 8.14. The molecular weight excluding hydrogens is 445 g/mol. The summed E-state index contributed by atoms with van der Waals surface area (Å²) in [5.41, 5.74) is 10.2. The van der Waals surface area contributed by atoms with Crippen molar-refractivity contribution in [1.29, 1.82) is 0 Å². The molecule has 4 rings (SSSR count). The molecule has 3 nitrogen and oxygen atoms in total. The third-order valence-electron chi connectivity index (χ3n) is 7.15. The van der Waals surface area contributed by atoms with E-state index in [9.17, 15) is 4.39 Å². The van der Waals surface area contributed by atoms with Crippen molar-refractivity contribution in [2.45, 2.75) is 59.8 Å². The number of benzene rings is 2. The molecule has 1 N–H and O–H groups in total. The highest BCUT2D eigenvalue weighted by Crippen LogP contribution is 2.31. The highest BCUT2D eigenvalue weighted by Gasteiger charge is 2.16. The van der Waals surface area contributed by atoms with Crippen molar-refractivity contribution in [3.8, 4) is 11.3 Å². The number of nitrogens with zero attached hydrogens (tertiary/aromatic N) is 2. The molecule has 4 aromatic rings. The van der Waals surface area contributed by atoms with E-state index in [0.717, 1.165) is 54.0 Å². The molecule has 0 fully saturated rings. The van der Waals surface area contributed by atoms with E-state index in [0.29, 0.717) is 5.92 Å². The second-order valence-electron chi connectivity index (χ2n) is 9.39. The number of rotatable bonds is 9. The molecule has 0 spiro atoms. The van der Waals surface area contributed by atoms with Crippen LogP contribution in [-0.4, -0.2) is 16.5 Å². The van der Waals surface area contributed by atoms with Gasteiger partial charge in [-0.05, 0) is 91.8 Å². The molecule has 0 saturated carbocycles. The van der Waals surface area contributed by atoms with Gasteiger partial charge in [0, 0.05) is 47.1 Å². The van der Waals surface area contributed by atoms with E-state index in [-0.39, 0.29) is 5.82 Å². The van der Waals surface area contributed by atoms with Crippen LogP contribution in [0.25, 0.3) is 27.9 Å². The van der Waals surface area contributed by atoms with Gasteiger partial charge < -0.3 is 5.32 Å². The molecule has 2 aromatic carbocycles. The molecule has 0 radical (unpaired) electrons. The fourth-order valence-electron chi connectivity index (χ4n) is 4.96. The lowest BCUT2D eigenvalue weighted by molar-refractivity contribution is 0.628. The molecule has 0 amide bonds. The molecule has 1 unspecified atom stereocenters. The molecule has 0 aliphatic carbocycles. The maximum Gasteiger partial charge on any atom is 0.123 e. The van der Waals surface area contributed by atoms with Crippen LogP contribution in [0.15, 0.2) is 66.9 Å². The molecule has 2 aromatic heterocycles. The van der Waals surface area contributed by atoms with Crippen molar-refractivity contribution < 1.29 is 4.39 Å². The summed E-state index contributed by atoms with van der Waals surface area (Å²) in [6.45, 7) is 11.7. The van der Waals surface area contributed by atoms with Gasteiger partial charge >= 0.3 is 0 Å². The quantitative estimate of drug-likeness (QED) is 0.263. The topological polar surface area (TPSA) is 37.8 Å². The van der Waals surface area contributed by atoms with E-state index in [2.05, 4.69) is 75.3 Å². The highest BCUT2D eigenvalue weighted by atomic mass is 19.1. The minimum absolute atomic E-state index is 0.228. The second kappa shape index (κ2) is 11.5. The number of pyridine rings is 2. The number of hydrogen-bond donors (Lipinski definition) is 1. The lowest BCUT2D eigenvalue weighted by Crippen LogP contribution is -2.18. The van der Waals surface area contributed by atoms with E-state index < -0.39 is 0 Å². The van der Waals surface area contributed by atoms with Gasteiger partial charge in [-0.25, -0.2) is 4.39 Å². The van der Waals surface area contributed by atoms with Crippen molar-refractivity contribution in [2.24, 2.45) is 0 Å². The van der Waals surface area contributed by atoms with Gasteiger partial charge in [0.1, 0.15) is 5.82 Å². The summed E-state index contributed by atoms with van der Waals surface area (Å²) in [5, 5.41) is 4.88. The monoisotopic (exact) mass is 481 g/mol. The molecule has 4 heteroatoms. The average Bonchev–Trinajstić information content (AvgIpc) is 2.91. The van der Waals surface area contributed by atoms with Crippen LogP contribution in [0, 0.1) is 12.7 Å². The normalized spacial score (nSPS) is 12.7. The predicted octanol–water partition coefficient (Wildman–Crippen LogP) is 8.01. The van der Waals surface area contributed by atoms with Gasteiger partial charge in [0.15, 0.2) is 0 Å². The average molecular weight is 482 g/mol. The van der Waals surface area contributed by atoms with Gasteiger partial charge in [-0.2, -0.15) is 0 Å². The van der Waals surface area contributed by atoms with Crippen LogP contribution in [0.1, 0.15) is 68.0 Å². The molecule has 0 saturated heterocycles. The van der Waals surface area contributed by atoms with Gasteiger partial charge in [0.25, 0.3) is 0 Å². The molecular formula is C32H36FN3. The summed E-state index contributed by atoms with van der Waals surface area (Å²) in [4.78, 5) is 9.55. The Morgan fingerprint density at radius 1 is 1.08 bits per heavy atom. The Morgan fingerprint density at radius 3 is 2.56 bits per heavy atom. The highest BCUT2D eigenvalue weighted by molar-refractivity contribution is 5.87. The van der Waals surface area contributed by atoms with E-state index in [1.807, 2.05) is 24.4 Å². The Hall–Kier alpha value is -3.53. The molecule has 2 heterocycles. The number of hydrogen-bond acceptors (Lipinski definition) is 3. The Balaban J connectivity index is 1.60. The number of aromatic nitrogens is 2. The number of aryl methyl sites for hydroxylation is 1. The lowest BCUT2D eigenvalue weighted by atomic mass is 9.91. The zero-order valence-electron chi connectivity index (χ0n) is 22.0. The summed E-state index contributed by atoms with van der Waals surface area (Å²) in [7, 11) is 0. The van der Waals surface area contributed by atoms with E-state index in [1.54, 1.807) is 0 Å². The zero-order chi connectivity index (χ0) is 25.7. The first-order valence-corrected chi connectivity index (χ1v) is 13.0. The van der Waals surface area contributed by atoms with Crippen LogP contribution >= 0.6 is 0 Å². The SMILES string of the molecule is C/C=C(\NCCc1cc(C(C)CC)c(C)c(-c2ccc(F)cc2)n1)c1ccc2ncccc2c1CC. The third-order valence-corrected chi connectivity index (χ3v) is 7.15. The first-order valence-electron chi connectivity index (χ1n) is 13.0. The van der Waals surface area contributed by atoms with E-state index in [1.165, 1.54) is 39.8 Å². The van der Waals surface area contributed by atoms with Crippen LogP contribution in [-0.2, 0) is 12.8 Å². The minimum atomic E-state index is -0.228. The number of halogens is 1. The van der Waals surface area contributed by atoms with Crippen LogP contribution < -0.4 is 5.32 Å². The fourth-order valence-corrected chi connectivity index (χ4v) is 4.96. The Morgan fingerprint density at radius 2 is 1.86 bits per heavy atom. The Bertz CT molecular complexity index is 1370. The number of nitrogens with one attached hydrogen (secondary N) is 1. The fraction of sp³-hybridized carbons (Fsp3) is 0.312. The third kappa shape index (κ3) is 5.33. The summed E-state index contributed by atoms with van der Waals surface area (Å²) >= 11 is 0. The summed E-state index contributed by atoms with van der Waals surface area (Å²) in [6, 6.07) is 17.4. The first kappa shape index (κ1) is 25.6. The minimum Gasteiger partial charge on any atom is -0.384 e. The molecule has 1 atom stereocenters. The lowest BCUT2D eigenvalue weighted by Gasteiger charge is -2.19. The molecule has 0 aliphatic heterocycles. The van der Waals surface area contributed by atoms with Crippen molar-refractivity contribution >= 4 is 16.6 Å². The predicted molar refractivity (Wildman–Crippen MR) is 150 cm³/mol. The number of allylic oxidation sites excluding steroid dienone is 1. The van der Waals surface area contributed by atoms with Crippen molar-refractivity contribution in [3.05, 3.63) is 101 Å². The molecule has 36 heavy (non-hydrogen) atoms. The van der Waals surface area contributed by atoms with Gasteiger partial charge in [-0.3, -0.25) is 9.97 Å². The van der Waals surface area contributed by atoms with Crippen molar-refractivity contribution in [2.75, 3.05) is 6.54 Å². The summed E-state index contributed by atoms with van der Waals surface area (Å²) in [6.07, 6.45) is 6.79. The Labute approximate surface area is 214 Å². The van der Waals surface area contributed by atoms with Gasteiger partial charge in [0.05, 0.1) is 11.2 Å². The zero-order valence-corrected chi connectivity index (χ0v) is 22.0. The van der Waals surface area contributed by atoms with Crippen LogP contribution in [0.4, 0.5) is 4.39 Å². The van der Waals surface area contributed by atoms with Crippen molar-refractivity contribution in [1.82, 2.24) is 15.3 Å². The largest absolute Gasteiger partial charge is 0.384 e. The van der Waals surface area contributed by atoms with Gasteiger partial charge in [-0.15, -0.1) is 0 Å². The van der Waals surface area contributed by atoms with E-state index in [4.69, 9.17) is 4.98 Å². The van der Waals surface area contributed by atoms with Crippen LogP contribution in [0.3, 0.4) is 0 Å². The molecule has 0 aliphatic rings. The maximum absolute atomic E-state index is 13.6. The molecule has 0 bridgehead atoms. The van der Waals surface area contributed by atoms with Gasteiger partial charge in [0.2, 0.25) is 0 Å². The second-order valence-corrected chi connectivity index (χ2v) is 9.39. The molecule has 186 valence electrons. The number of fused-ring (bicyclic) bond motifs is 1. The summed E-state index contributed by atoms with van der Waals surface area (Å²) in [5.74, 6) is 0.206. The van der Waals surface area contributed by atoms with Gasteiger partial charge in [-0.1, -0.05) is 39.0 Å². The maximum atomic E-state index is 13.6. The smallest absolute Gasteiger partial charge is 0.123 e. The van der Waals surface area contributed by atoms with Crippen LogP contribution in [0.2, 0.25) is 0 Å². The van der Waals surface area contributed by atoms with E-state index >= 15 is 0 Å². The summed E-state index contributed by atoms with van der Waals surface area (Å²) < 4.78 is 13.6.